The number of carbonyl (C=O) groups is 2. The average Bonchev–Trinajstić information content (AvgIpc) is 2.55. The van der Waals surface area contributed by atoms with Gasteiger partial charge in [0, 0.05) is 0 Å². The minimum Gasteiger partial charge on any atom is -0.383 e. The Morgan fingerprint density at radius 2 is 1.29 bits per heavy atom. The van der Waals surface area contributed by atoms with Crippen LogP contribution in [-0.2, 0) is 15.0 Å². The summed E-state index contributed by atoms with van der Waals surface area (Å²) in [5.74, 6) is -1.44. The first-order valence-electron chi connectivity index (χ1n) is 6.73. The van der Waals surface area contributed by atoms with E-state index in [1.54, 1.807) is 6.08 Å². The highest BCUT2D eigenvalue weighted by molar-refractivity contribution is 6.44. The van der Waals surface area contributed by atoms with Crippen molar-refractivity contribution in [1.29, 1.82) is 0 Å². The van der Waals surface area contributed by atoms with Crippen molar-refractivity contribution < 1.29 is 14.7 Å². The lowest BCUT2D eigenvalue weighted by atomic mass is 9.66. The van der Waals surface area contributed by atoms with E-state index in [-0.39, 0.29) is 0 Å². The van der Waals surface area contributed by atoms with Gasteiger partial charge in [0.25, 0.3) is 0 Å². The lowest BCUT2D eigenvalue weighted by Gasteiger charge is -2.37. The smallest absolute Gasteiger partial charge is 0.232 e. The molecule has 0 fully saturated rings. The summed E-state index contributed by atoms with van der Waals surface area (Å²) >= 11 is 0. The van der Waals surface area contributed by atoms with Gasteiger partial charge in [0.1, 0.15) is 6.10 Å². The molecule has 0 saturated heterocycles. The molecule has 1 atom stereocenters. The zero-order valence-corrected chi connectivity index (χ0v) is 11.3. The molecule has 0 aromatic heterocycles. The van der Waals surface area contributed by atoms with E-state index in [1.165, 1.54) is 6.08 Å². The van der Waals surface area contributed by atoms with Crippen molar-refractivity contribution in [2.24, 2.45) is 0 Å². The van der Waals surface area contributed by atoms with Gasteiger partial charge in [-0.3, -0.25) is 9.59 Å². The number of benzene rings is 2. The van der Waals surface area contributed by atoms with Gasteiger partial charge < -0.3 is 5.11 Å². The average molecular weight is 278 g/mol. The Bertz CT molecular complexity index is 662. The van der Waals surface area contributed by atoms with Gasteiger partial charge in [-0.2, -0.15) is 0 Å². The molecule has 21 heavy (non-hydrogen) atoms. The van der Waals surface area contributed by atoms with E-state index in [0.717, 1.165) is 11.1 Å². The molecule has 0 aliphatic heterocycles. The summed E-state index contributed by atoms with van der Waals surface area (Å²) < 4.78 is 0. The van der Waals surface area contributed by atoms with Crippen LogP contribution in [0, 0.1) is 0 Å². The molecule has 0 saturated carbocycles. The van der Waals surface area contributed by atoms with Crippen LogP contribution in [0.3, 0.4) is 0 Å². The molecule has 104 valence electrons. The van der Waals surface area contributed by atoms with Crippen molar-refractivity contribution in [3.8, 4) is 0 Å². The van der Waals surface area contributed by atoms with Gasteiger partial charge in [0.15, 0.2) is 0 Å². The highest BCUT2D eigenvalue weighted by Crippen LogP contribution is 2.39. The summed E-state index contributed by atoms with van der Waals surface area (Å²) in [6, 6.07) is 18.5. The number of ketones is 2. The minimum absolute atomic E-state index is 0.662. The molecule has 1 aliphatic rings. The molecule has 0 spiro atoms. The molecular weight excluding hydrogens is 264 g/mol. The van der Waals surface area contributed by atoms with Crippen LogP contribution in [0.4, 0.5) is 0 Å². The van der Waals surface area contributed by atoms with Crippen molar-refractivity contribution in [3.63, 3.8) is 0 Å². The summed E-state index contributed by atoms with van der Waals surface area (Å²) in [6.45, 7) is 0. The number of carbonyl (C=O) groups excluding carboxylic acids is 2. The molecule has 1 unspecified atom stereocenters. The molecule has 0 amide bonds. The van der Waals surface area contributed by atoms with Crippen LogP contribution in [0.25, 0.3) is 0 Å². The quantitative estimate of drug-likeness (QED) is 0.855. The number of rotatable bonds is 2. The van der Waals surface area contributed by atoms with Gasteiger partial charge >= 0.3 is 0 Å². The Kier molecular flexibility index (Phi) is 3.28. The zero-order chi connectivity index (χ0) is 14.9. The maximum Gasteiger partial charge on any atom is 0.232 e. The summed E-state index contributed by atoms with van der Waals surface area (Å²) in [5.41, 5.74) is 0.537. The second-order valence-corrected chi connectivity index (χ2v) is 5.07. The second-order valence-electron chi connectivity index (χ2n) is 5.07. The lowest BCUT2D eigenvalue weighted by Crippen LogP contribution is -2.49. The Hall–Kier alpha value is -2.52. The third-order valence-electron chi connectivity index (χ3n) is 3.92. The summed E-state index contributed by atoms with van der Waals surface area (Å²) in [6.07, 6.45) is 1.47. The maximum atomic E-state index is 12.0. The first-order valence-corrected chi connectivity index (χ1v) is 6.73. The van der Waals surface area contributed by atoms with Crippen LogP contribution in [0.15, 0.2) is 72.8 Å². The maximum absolute atomic E-state index is 12.0. The number of aliphatic hydroxyl groups is 1. The number of Topliss-reactive ketones (excluding diaryl/α,β-unsaturated/α-hetero) is 1. The predicted octanol–water partition coefficient (Wildman–Crippen LogP) is 2.04. The van der Waals surface area contributed by atoms with Crippen molar-refractivity contribution in [2.45, 2.75) is 11.5 Å². The normalized spacial score (nSPS) is 20.5. The second kappa shape index (κ2) is 5.11. The molecule has 3 heteroatoms. The molecule has 2 aromatic carbocycles. The standard InChI is InChI=1S/C18H14O3/c19-15-11-12-18(17(21)16(15)20,13-7-3-1-4-8-13)14-9-5-2-6-10-14/h1-12,17,21H. The van der Waals surface area contributed by atoms with Gasteiger partial charge in [-0.1, -0.05) is 66.7 Å². The van der Waals surface area contributed by atoms with Gasteiger partial charge in [-0.05, 0) is 17.2 Å². The molecule has 1 aliphatic carbocycles. The highest BCUT2D eigenvalue weighted by atomic mass is 16.3. The first kappa shape index (κ1) is 13.5. The largest absolute Gasteiger partial charge is 0.383 e. The Balaban J connectivity index is 2.29. The van der Waals surface area contributed by atoms with Crippen molar-refractivity contribution >= 4 is 11.6 Å². The van der Waals surface area contributed by atoms with E-state index in [1.807, 2.05) is 60.7 Å². The van der Waals surface area contributed by atoms with Gasteiger partial charge in [0.2, 0.25) is 11.6 Å². The Labute approximate surface area is 122 Å². The molecule has 2 aromatic rings. The van der Waals surface area contributed by atoms with Gasteiger partial charge in [-0.15, -0.1) is 0 Å². The third kappa shape index (κ3) is 2.03. The molecule has 0 radical (unpaired) electrons. The van der Waals surface area contributed by atoms with Crippen LogP contribution in [0.2, 0.25) is 0 Å². The number of hydrogen-bond donors (Lipinski definition) is 1. The molecule has 1 N–H and O–H groups in total. The molecule has 3 nitrogen and oxygen atoms in total. The van der Waals surface area contributed by atoms with Crippen LogP contribution in [0.1, 0.15) is 11.1 Å². The topological polar surface area (TPSA) is 54.4 Å². The SMILES string of the molecule is O=C1C=CC(c2ccccc2)(c2ccccc2)C(O)C1=O. The fourth-order valence-electron chi connectivity index (χ4n) is 2.82. The van der Waals surface area contributed by atoms with Crippen LogP contribution in [-0.4, -0.2) is 22.8 Å². The first-order chi connectivity index (χ1) is 10.2. The Morgan fingerprint density at radius 1 is 0.810 bits per heavy atom. The van der Waals surface area contributed by atoms with E-state index < -0.39 is 23.1 Å². The highest BCUT2D eigenvalue weighted by Gasteiger charge is 2.47. The molecular formula is C18H14O3. The fourth-order valence-corrected chi connectivity index (χ4v) is 2.82. The minimum atomic E-state index is -1.42. The van der Waals surface area contributed by atoms with E-state index in [2.05, 4.69) is 0 Å². The van der Waals surface area contributed by atoms with E-state index in [4.69, 9.17) is 0 Å². The summed E-state index contributed by atoms with van der Waals surface area (Å²) in [5, 5.41) is 10.5. The van der Waals surface area contributed by atoms with E-state index >= 15 is 0 Å². The zero-order valence-electron chi connectivity index (χ0n) is 11.3. The van der Waals surface area contributed by atoms with E-state index in [9.17, 15) is 14.7 Å². The molecule has 0 bridgehead atoms. The van der Waals surface area contributed by atoms with Gasteiger partial charge in [-0.25, -0.2) is 0 Å². The molecule has 0 heterocycles. The Morgan fingerprint density at radius 3 is 1.76 bits per heavy atom. The van der Waals surface area contributed by atoms with Crippen molar-refractivity contribution in [2.75, 3.05) is 0 Å². The summed E-state index contributed by atoms with van der Waals surface area (Å²) in [4.78, 5) is 23.6. The predicted molar refractivity (Wildman–Crippen MR) is 78.8 cm³/mol. The van der Waals surface area contributed by atoms with Gasteiger partial charge in [0.05, 0.1) is 5.41 Å². The lowest BCUT2D eigenvalue weighted by molar-refractivity contribution is -0.141. The molecule has 3 rings (SSSR count). The van der Waals surface area contributed by atoms with Crippen LogP contribution >= 0.6 is 0 Å². The summed E-state index contributed by atoms with van der Waals surface area (Å²) in [7, 11) is 0. The van der Waals surface area contributed by atoms with E-state index in [0.29, 0.717) is 0 Å². The van der Waals surface area contributed by atoms with Crippen molar-refractivity contribution in [3.05, 3.63) is 83.9 Å². The fraction of sp³-hybridized carbons (Fsp3) is 0.111. The number of allylic oxidation sites excluding steroid dienone is 1. The van der Waals surface area contributed by atoms with Crippen LogP contribution in [0.5, 0.6) is 0 Å². The number of hydrogen-bond acceptors (Lipinski definition) is 3. The number of aliphatic hydroxyl groups excluding tert-OH is 1. The third-order valence-corrected chi connectivity index (χ3v) is 3.92. The van der Waals surface area contributed by atoms with Crippen molar-refractivity contribution in [1.82, 2.24) is 0 Å². The van der Waals surface area contributed by atoms with Crippen LogP contribution < -0.4 is 0 Å². The monoisotopic (exact) mass is 278 g/mol.